The van der Waals surface area contributed by atoms with Crippen molar-refractivity contribution in [3.63, 3.8) is 0 Å². The van der Waals surface area contributed by atoms with E-state index in [2.05, 4.69) is 44.3 Å². The molecule has 2 heteroatoms. The van der Waals surface area contributed by atoms with Crippen molar-refractivity contribution in [1.29, 1.82) is 0 Å². The summed E-state index contributed by atoms with van der Waals surface area (Å²) in [6, 6.07) is 8.86. The van der Waals surface area contributed by atoms with Gasteiger partial charge in [-0.1, -0.05) is 45.2 Å². The van der Waals surface area contributed by atoms with Crippen LogP contribution >= 0.6 is 0 Å². The van der Waals surface area contributed by atoms with E-state index in [1.54, 1.807) is 0 Å². The van der Waals surface area contributed by atoms with E-state index >= 15 is 0 Å². The molecule has 0 heterocycles. The second kappa shape index (κ2) is 7.56. The first-order valence-corrected chi connectivity index (χ1v) is 8.15. The van der Waals surface area contributed by atoms with Crippen molar-refractivity contribution in [3.05, 3.63) is 24.3 Å². The van der Waals surface area contributed by atoms with Gasteiger partial charge in [-0.3, -0.25) is 0 Å². The molecule has 0 saturated heterocycles. The molecule has 1 aliphatic rings. The Labute approximate surface area is 123 Å². The summed E-state index contributed by atoms with van der Waals surface area (Å²) in [4.78, 5) is 0. The van der Waals surface area contributed by atoms with E-state index in [-0.39, 0.29) is 0 Å². The van der Waals surface area contributed by atoms with Crippen LogP contribution in [-0.4, -0.2) is 12.6 Å². The number of rotatable bonds is 6. The minimum Gasteiger partial charge on any atom is -0.491 e. The van der Waals surface area contributed by atoms with Gasteiger partial charge in [-0.15, -0.1) is 0 Å². The molecule has 2 nitrogen and oxygen atoms in total. The number of hydrogen-bond acceptors (Lipinski definition) is 2. The second-order valence-electron chi connectivity index (χ2n) is 6.53. The third kappa shape index (κ3) is 4.43. The van der Waals surface area contributed by atoms with Crippen LogP contribution in [0.1, 0.15) is 52.9 Å². The van der Waals surface area contributed by atoms with Crippen molar-refractivity contribution in [1.82, 2.24) is 0 Å². The Morgan fingerprint density at radius 1 is 1.10 bits per heavy atom. The van der Waals surface area contributed by atoms with E-state index in [9.17, 15) is 0 Å². The number of benzene rings is 1. The molecule has 1 aromatic rings. The van der Waals surface area contributed by atoms with E-state index in [1.165, 1.54) is 32.1 Å². The van der Waals surface area contributed by atoms with Gasteiger partial charge < -0.3 is 10.1 Å². The van der Waals surface area contributed by atoms with Gasteiger partial charge in [0.25, 0.3) is 0 Å². The highest BCUT2D eigenvalue weighted by Gasteiger charge is 2.20. The highest BCUT2D eigenvalue weighted by Crippen LogP contribution is 2.31. The van der Waals surface area contributed by atoms with E-state index in [4.69, 9.17) is 4.74 Å². The minimum absolute atomic E-state index is 0.527. The molecule has 0 amide bonds. The van der Waals surface area contributed by atoms with Crippen molar-refractivity contribution >= 4 is 5.69 Å². The van der Waals surface area contributed by atoms with Gasteiger partial charge in [-0.2, -0.15) is 0 Å². The number of nitrogens with one attached hydrogen (secondary N) is 1. The summed E-state index contributed by atoms with van der Waals surface area (Å²) in [5.74, 6) is 2.35. The molecule has 0 spiro atoms. The third-order valence-electron chi connectivity index (χ3n) is 4.20. The van der Waals surface area contributed by atoms with Crippen molar-refractivity contribution in [3.8, 4) is 5.75 Å². The minimum atomic E-state index is 0.527. The van der Waals surface area contributed by atoms with E-state index < -0.39 is 0 Å². The number of ether oxygens (including phenoxy) is 1. The maximum Gasteiger partial charge on any atom is 0.142 e. The lowest BCUT2D eigenvalue weighted by Crippen LogP contribution is -2.27. The maximum absolute atomic E-state index is 5.92. The molecule has 0 aliphatic heterocycles. The molecule has 1 fully saturated rings. The molecule has 1 N–H and O–H groups in total. The first kappa shape index (κ1) is 15.2. The van der Waals surface area contributed by atoms with Crippen molar-refractivity contribution in [2.45, 2.75) is 58.9 Å². The lowest BCUT2D eigenvalue weighted by molar-refractivity contribution is 0.271. The zero-order valence-corrected chi connectivity index (χ0v) is 13.2. The maximum atomic E-state index is 5.92. The van der Waals surface area contributed by atoms with Gasteiger partial charge in [0.2, 0.25) is 0 Å². The van der Waals surface area contributed by atoms with E-state index in [1.807, 2.05) is 6.07 Å². The van der Waals surface area contributed by atoms with Crippen molar-refractivity contribution in [2.75, 3.05) is 11.9 Å². The van der Waals surface area contributed by atoms with Gasteiger partial charge in [-0.05, 0) is 43.7 Å². The van der Waals surface area contributed by atoms with Gasteiger partial charge >= 0.3 is 0 Å². The summed E-state index contributed by atoms with van der Waals surface area (Å²) >= 11 is 0. The molecule has 1 saturated carbocycles. The van der Waals surface area contributed by atoms with Gasteiger partial charge in [0.15, 0.2) is 0 Å². The molecule has 2 rings (SSSR count). The first-order chi connectivity index (χ1) is 9.66. The SMILES string of the molecule is CC(C)COc1ccccc1NC(C)C1CCCCC1. The zero-order chi connectivity index (χ0) is 14.4. The normalized spacial score (nSPS) is 18.0. The Bertz CT molecular complexity index is 396. The number of anilines is 1. The quantitative estimate of drug-likeness (QED) is 0.779. The van der Waals surface area contributed by atoms with Crippen LogP contribution in [-0.2, 0) is 0 Å². The largest absolute Gasteiger partial charge is 0.491 e. The van der Waals surface area contributed by atoms with Crippen LogP contribution in [0.2, 0.25) is 0 Å². The summed E-state index contributed by atoms with van der Waals surface area (Å²) in [5, 5.41) is 3.68. The summed E-state index contributed by atoms with van der Waals surface area (Å²) in [5.41, 5.74) is 1.14. The molecule has 1 unspecified atom stereocenters. The molecule has 1 aromatic carbocycles. The average molecular weight is 275 g/mol. The van der Waals surface area contributed by atoms with Gasteiger partial charge in [0.05, 0.1) is 12.3 Å². The third-order valence-corrected chi connectivity index (χ3v) is 4.20. The summed E-state index contributed by atoms with van der Waals surface area (Å²) in [6.45, 7) is 7.45. The molecule has 112 valence electrons. The predicted octanol–water partition coefficient (Wildman–Crippen LogP) is 5.10. The average Bonchev–Trinajstić information content (AvgIpc) is 2.47. The lowest BCUT2D eigenvalue weighted by Gasteiger charge is -2.29. The Kier molecular flexibility index (Phi) is 5.75. The smallest absolute Gasteiger partial charge is 0.142 e. The number of para-hydroxylation sites is 2. The van der Waals surface area contributed by atoms with Crippen LogP contribution in [0.25, 0.3) is 0 Å². The van der Waals surface area contributed by atoms with Crippen molar-refractivity contribution < 1.29 is 4.74 Å². The molecule has 20 heavy (non-hydrogen) atoms. The molecular weight excluding hydrogens is 246 g/mol. The molecular formula is C18H29NO. The fourth-order valence-corrected chi connectivity index (χ4v) is 2.97. The summed E-state index contributed by atoms with van der Waals surface area (Å²) in [6.07, 6.45) is 6.92. The monoisotopic (exact) mass is 275 g/mol. The van der Waals surface area contributed by atoms with Crippen molar-refractivity contribution in [2.24, 2.45) is 11.8 Å². The fraction of sp³-hybridized carbons (Fsp3) is 0.667. The van der Waals surface area contributed by atoms with Crippen LogP contribution in [0.5, 0.6) is 5.75 Å². The zero-order valence-electron chi connectivity index (χ0n) is 13.2. The van der Waals surface area contributed by atoms with Gasteiger partial charge in [0.1, 0.15) is 5.75 Å². The predicted molar refractivity (Wildman–Crippen MR) is 86.4 cm³/mol. The van der Waals surface area contributed by atoms with Crippen LogP contribution in [0.4, 0.5) is 5.69 Å². The second-order valence-corrected chi connectivity index (χ2v) is 6.53. The summed E-state index contributed by atoms with van der Waals surface area (Å²) in [7, 11) is 0. The molecule has 1 atom stereocenters. The Morgan fingerprint density at radius 2 is 1.80 bits per heavy atom. The van der Waals surface area contributed by atoms with Crippen LogP contribution in [0.3, 0.4) is 0 Å². The van der Waals surface area contributed by atoms with Crippen LogP contribution < -0.4 is 10.1 Å². The van der Waals surface area contributed by atoms with E-state index in [0.717, 1.165) is 24.0 Å². The van der Waals surface area contributed by atoms with Gasteiger partial charge in [-0.25, -0.2) is 0 Å². The standard InChI is InChI=1S/C18H29NO/c1-14(2)13-20-18-12-8-7-11-17(18)19-15(3)16-9-5-4-6-10-16/h7-8,11-12,14-16,19H,4-6,9-10,13H2,1-3H3. The summed E-state index contributed by atoms with van der Waals surface area (Å²) < 4.78 is 5.92. The Morgan fingerprint density at radius 3 is 2.50 bits per heavy atom. The van der Waals surface area contributed by atoms with Crippen LogP contribution in [0.15, 0.2) is 24.3 Å². The molecule has 0 aromatic heterocycles. The van der Waals surface area contributed by atoms with Gasteiger partial charge in [0, 0.05) is 6.04 Å². The molecule has 0 bridgehead atoms. The molecule has 1 aliphatic carbocycles. The van der Waals surface area contributed by atoms with Crippen LogP contribution in [0, 0.1) is 11.8 Å². The lowest BCUT2D eigenvalue weighted by atomic mass is 9.84. The highest BCUT2D eigenvalue weighted by atomic mass is 16.5. The Balaban J connectivity index is 1.96. The van der Waals surface area contributed by atoms with E-state index in [0.29, 0.717) is 12.0 Å². The fourth-order valence-electron chi connectivity index (χ4n) is 2.97. The number of hydrogen-bond donors (Lipinski definition) is 1. The first-order valence-electron chi connectivity index (χ1n) is 8.15. The highest BCUT2D eigenvalue weighted by molar-refractivity contribution is 5.56. The topological polar surface area (TPSA) is 21.3 Å². The Hall–Kier alpha value is -1.18. The molecule has 0 radical (unpaired) electrons.